The number of halogens is 1. The van der Waals surface area contributed by atoms with Crippen LogP contribution in [-0.4, -0.2) is 66.3 Å². The number of phenols is 1. The van der Waals surface area contributed by atoms with Crippen LogP contribution in [0.3, 0.4) is 0 Å². The van der Waals surface area contributed by atoms with E-state index in [2.05, 4.69) is 10.3 Å². The first-order valence-corrected chi connectivity index (χ1v) is 17.6. The van der Waals surface area contributed by atoms with Crippen LogP contribution in [0.2, 0.25) is 0 Å². The molecule has 4 aromatic rings. The quantitative estimate of drug-likeness (QED) is 0.138. The smallest absolute Gasteiger partial charge is 0.261 e. The zero-order valence-corrected chi connectivity index (χ0v) is 29.6. The van der Waals surface area contributed by atoms with E-state index in [0.717, 1.165) is 18.4 Å². The van der Waals surface area contributed by atoms with Crippen LogP contribution in [0.15, 0.2) is 89.8 Å². The van der Waals surface area contributed by atoms with Crippen molar-refractivity contribution in [1.82, 2.24) is 9.55 Å². The minimum absolute atomic E-state index is 0.0457. The number of aromatic nitrogens is 2. The third-order valence-electron chi connectivity index (χ3n) is 9.23. The van der Waals surface area contributed by atoms with Crippen LogP contribution in [0, 0.1) is 11.7 Å². The van der Waals surface area contributed by atoms with Crippen LogP contribution >= 0.6 is 0 Å². The summed E-state index contributed by atoms with van der Waals surface area (Å²) in [4.78, 5) is 31.4. The molecule has 53 heavy (non-hydrogen) atoms. The van der Waals surface area contributed by atoms with Crippen molar-refractivity contribution in [2.45, 2.75) is 38.8 Å². The molecule has 13 heteroatoms. The lowest BCUT2D eigenvalue weighted by Crippen LogP contribution is -2.33. The summed E-state index contributed by atoms with van der Waals surface area (Å²) in [5, 5.41) is 13.4. The molecule has 2 fully saturated rings. The number of carbonyl (C=O) groups is 1. The predicted molar refractivity (Wildman–Crippen MR) is 200 cm³/mol. The number of nitrogens with zero attached hydrogens (tertiary/aromatic N) is 2. The van der Waals surface area contributed by atoms with Crippen molar-refractivity contribution in [2.75, 3.05) is 50.7 Å². The Kier molecular flexibility index (Phi) is 12.2. The SMILES string of the molecule is CC(/C=C\Cc1cn(CC2CCOCC2)cc(C(=O)Nc2ccc(-c3cc(-c4ccc(OCC5COCCO5)c(O)c4)cnc3N)c(F)c2)c1=O)=C/N. The summed E-state index contributed by atoms with van der Waals surface area (Å²) in [7, 11) is 0. The molecule has 0 aliphatic carbocycles. The Bertz CT molecular complexity index is 2050. The van der Waals surface area contributed by atoms with E-state index in [1.54, 1.807) is 30.6 Å². The number of ether oxygens (including phenoxy) is 4. The number of rotatable bonds is 12. The Balaban J connectivity index is 1.20. The van der Waals surface area contributed by atoms with Gasteiger partial charge in [0, 0.05) is 66.3 Å². The first kappa shape index (κ1) is 37.3. The zero-order valence-electron chi connectivity index (χ0n) is 29.6. The van der Waals surface area contributed by atoms with E-state index in [-0.39, 0.29) is 46.8 Å². The number of carbonyl (C=O) groups excluding carboxylic acids is 1. The molecule has 12 nitrogen and oxygen atoms in total. The van der Waals surface area contributed by atoms with Crippen molar-refractivity contribution in [3.63, 3.8) is 0 Å². The minimum atomic E-state index is -0.659. The van der Waals surface area contributed by atoms with Crippen LogP contribution in [0.25, 0.3) is 22.3 Å². The van der Waals surface area contributed by atoms with Crippen LogP contribution in [0.4, 0.5) is 15.9 Å². The number of pyridine rings is 2. The lowest BCUT2D eigenvalue weighted by Gasteiger charge is -2.23. The number of aromatic hydroxyl groups is 1. The van der Waals surface area contributed by atoms with Gasteiger partial charge in [-0.1, -0.05) is 18.2 Å². The van der Waals surface area contributed by atoms with E-state index >= 15 is 4.39 Å². The second kappa shape index (κ2) is 17.3. The molecular formula is C40H44FN5O7. The first-order chi connectivity index (χ1) is 25.7. The van der Waals surface area contributed by atoms with E-state index in [4.69, 9.17) is 30.4 Å². The number of nitrogens with one attached hydrogen (secondary N) is 1. The van der Waals surface area contributed by atoms with Gasteiger partial charge in [-0.15, -0.1) is 0 Å². The van der Waals surface area contributed by atoms with Crippen molar-refractivity contribution >= 4 is 17.4 Å². The molecule has 0 radical (unpaired) electrons. The van der Waals surface area contributed by atoms with Crippen LogP contribution in [0.1, 0.15) is 35.7 Å². The second-order valence-electron chi connectivity index (χ2n) is 13.2. The van der Waals surface area contributed by atoms with Crippen molar-refractivity contribution in [3.05, 3.63) is 112 Å². The Morgan fingerprint density at radius 1 is 1.08 bits per heavy atom. The van der Waals surface area contributed by atoms with Gasteiger partial charge in [0.05, 0.1) is 19.8 Å². The van der Waals surface area contributed by atoms with E-state index in [1.807, 2.05) is 23.6 Å². The monoisotopic (exact) mass is 725 g/mol. The molecule has 1 amide bonds. The lowest BCUT2D eigenvalue weighted by atomic mass is 9.99. The molecule has 4 heterocycles. The molecule has 2 saturated heterocycles. The molecular weight excluding hydrogens is 681 g/mol. The summed E-state index contributed by atoms with van der Waals surface area (Å²) in [6.07, 6.45) is 11.8. The predicted octanol–water partition coefficient (Wildman–Crippen LogP) is 5.44. The molecule has 0 bridgehead atoms. The molecule has 2 aromatic heterocycles. The highest BCUT2D eigenvalue weighted by atomic mass is 19.1. The van der Waals surface area contributed by atoms with Crippen LogP contribution < -0.4 is 26.9 Å². The maximum absolute atomic E-state index is 15.8. The highest BCUT2D eigenvalue weighted by Crippen LogP contribution is 2.36. The second-order valence-corrected chi connectivity index (χ2v) is 13.2. The molecule has 2 aromatic carbocycles. The number of hydrogen-bond donors (Lipinski definition) is 4. The summed E-state index contributed by atoms with van der Waals surface area (Å²) < 4.78 is 39.8. The Labute approximate surface area is 306 Å². The van der Waals surface area contributed by atoms with Gasteiger partial charge in [0.2, 0.25) is 0 Å². The normalized spacial score (nSPS) is 16.9. The van der Waals surface area contributed by atoms with Crippen LogP contribution in [0.5, 0.6) is 11.5 Å². The van der Waals surface area contributed by atoms with Gasteiger partial charge in [-0.05, 0) is 85.8 Å². The van der Waals surface area contributed by atoms with Gasteiger partial charge in [0.25, 0.3) is 5.91 Å². The molecule has 1 atom stereocenters. The highest BCUT2D eigenvalue weighted by Gasteiger charge is 2.20. The van der Waals surface area contributed by atoms with Crippen molar-refractivity contribution in [1.29, 1.82) is 0 Å². The summed E-state index contributed by atoms with van der Waals surface area (Å²) in [6.45, 7) is 5.50. The fourth-order valence-corrected chi connectivity index (χ4v) is 6.25. The van der Waals surface area contributed by atoms with Gasteiger partial charge < -0.3 is 45.4 Å². The van der Waals surface area contributed by atoms with Crippen LogP contribution in [-0.2, 0) is 27.2 Å². The van der Waals surface area contributed by atoms with Crippen molar-refractivity contribution < 1.29 is 33.2 Å². The number of nitrogen functional groups attached to an aromatic ring is 1. The van der Waals surface area contributed by atoms with Gasteiger partial charge in [-0.3, -0.25) is 9.59 Å². The van der Waals surface area contributed by atoms with Gasteiger partial charge in [-0.2, -0.15) is 0 Å². The number of phenolic OH excluding ortho intramolecular Hbond substituents is 1. The molecule has 0 spiro atoms. The first-order valence-electron chi connectivity index (χ1n) is 17.6. The van der Waals surface area contributed by atoms with E-state index in [9.17, 15) is 14.7 Å². The number of allylic oxidation sites excluding steroid dienone is 3. The fraction of sp³-hybridized carbons (Fsp3) is 0.325. The molecule has 2 aliphatic rings. The molecule has 0 saturated carbocycles. The maximum atomic E-state index is 15.8. The summed E-state index contributed by atoms with van der Waals surface area (Å²) in [6, 6.07) is 10.8. The minimum Gasteiger partial charge on any atom is -0.504 e. The van der Waals surface area contributed by atoms with E-state index in [0.29, 0.717) is 74.2 Å². The topological polar surface area (TPSA) is 173 Å². The molecule has 6 N–H and O–H groups in total. The maximum Gasteiger partial charge on any atom is 0.261 e. The average molecular weight is 726 g/mol. The van der Waals surface area contributed by atoms with Gasteiger partial charge in [-0.25, -0.2) is 9.37 Å². The number of benzene rings is 2. The molecule has 278 valence electrons. The molecule has 1 unspecified atom stereocenters. The molecule has 2 aliphatic heterocycles. The third-order valence-corrected chi connectivity index (χ3v) is 9.23. The highest BCUT2D eigenvalue weighted by molar-refractivity contribution is 6.04. The third kappa shape index (κ3) is 9.49. The zero-order chi connectivity index (χ0) is 37.3. The summed E-state index contributed by atoms with van der Waals surface area (Å²) in [5.41, 5.74) is 14.4. The lowest BCUT2D eigenvalue weighted by molar-refractivity contribution is -0.101. The summed E-state index contributed by atoms with van der Waals surface area (Å²) in [5.74, 6) is -0.671. The largest absolute Gasteiger partial charge is 0.504 e. The van der Waals surface area contributed by atoms with Gasteiger partial charge in [0.15, 0.2) is 16.9 Å². The van der Waals surface area contributed by atoms with Crippen molar-refractivity contribution in [3.8, 4) is 33.8 Å². The Hall–Kier alpha value is -5.50. The number of nitrogens with two attached hydrogens (primary N) is 2. The number of hydrogen-bond acceptors (Lipinski definition) is 10. The van der Waals surface area contributed by atoms with Gasteiger partial charge >= 0.3 is 0 Å². The van der Waals surface area contributed by atoms with E-state index in [1.165, 1.54) is 36.7 Å². The Morgan fingerprint density at radius 3 is 2.64 bits per heavy atom. The Morgan fingerprint density at radius 2 is 1.91 bits per heavy atom. The standard InChI is InChI=1S/C40H44FN5O7/c1-25(18-42)3-2-4-28-21-46(20-26-9-11-50-12-10-26)22-34(38(28)48)40(49)45-30-6-7-32(35(41)17-30)33-15-29(19-44-39(33)43)27-5-8-37(36(47)16-27)53-24-31-23-51-13-14-52-31/h2-3,5-8,15-19,21-22,26,31,47H,4,9-14,20,23-24,42H2,1H3,(H2,43,44)(H,45,49)/b3-2-,25-18-. The number of amides is 1. The average Bonchev–Trinajstić information content (AvgIpc) is 3.16. The fourth-order valence-electron chi connectivity index (χ4n) is 6.25. The van der Waals surface area contributed by atoms with Crippen molar-refractivity contribution in [2.24, 2.45) is 11.7 Å². The number of anilines is 2. The van der Waals surface area contributed by atoms with Gasteiger partial charge in [0.1, 0.15) is 29.9 Å². The van der Waals surface area contributed by atoms with E-state index < -0.39 is 17.2 Å². The summed E-state index contributed by atoms with van der Waals surface area (Å²) >= 11 is 0. The molecule has 6 rings (SSSR count).